The van der Waals surface area contributed by atoms with E-state index in [1.165, 1.54) is 6.07 Å². The van der Waals surface area contributed by atoms with E-state index in [0.717, 1.165) is 62.3 Å². The van der Waals surface area contributed by atoms with Crippen LogP contribution in [0.4, 0.5) is 11.4 Å². The van der Waals surface area contributed by atoms with Crippen LogP contribution in [0.25, 0.3) is 10.9 Å². The zero-order valence-corrected chi connectivity index (χ0v) is 21.2. The number of hydrogen-bond acceptors (Lipinski definition) is 6. The molecule has 0 spiro atoms. The van der Waals surface area contributed by atoms with E-state index in [4.69, 9.17) is 9.47 Å². The second kappa shape index (κ2) is 10.3. The molecule has 8 nitrogen and oxygen atoms in total. The van der Waals surface area contributed by atoms with Crippen molar-refractivity contribution < 1.29 is 14.3 Å². The fraction of sp³-hybridized carbons (Fsp3) is 0.429. The number of nitrogens with zero attached hydrogens (tertiary/aromatic N) is 2. The van der Waals surface area contributed by atoms with Crippen LogP contribution in [-0.4, -0.2) is 69.3 Å². The first-order valence-electron chi connectivity index (χ1n) is 12.6. The molecule has 2 aliphatic rings. The zero-order valence-electron chi connectivity index (χ0n) is 21.2. The summed E-state index contributed by atoms with van der Waals surface area (Å²) < 4.78 is 10.9. The number of carbonyl (C=O) groups excluding carboxylic acids is 1. The van der Waals surface area contributed by atoms with Gasteiger partial charge in [0, 0.05) is 42.0 Å². The molecule has 2 atom stereocenters. The number of amides is 1. The lowest BCUT2D eigenvalue weighted by Crippen LogP contribution is -2.36. The van der Waals surface area contributed by atoms with Crippen molar-refractivity contribution in [1.29, 1.82) is 0 Å². The van der Waals surface area contributed by atoms with Crippen LogP contribution < -0.4 is 20.4 Å². The Balaban J connectivity index is 1.42. The molecule has 1 aliphatic carbocycles. The van der Waals surface area contributed by atoms with Gasteiger partial charge in [-0.3, -0.25) is 9.59 Å². The number of pyridine rings is 1. The lowest BCUT2D eigenvalue weighted by molar-refractivity contribution is 0.102. The number of morpholine rings is 1. The molecule has 2 heterocycles. The van der Waals surface area contributed by atoms with E-state index in [-0.39, 0.29) is 22.9 Å². The smallest absolute Gasteiger partial charge is 0.272 e. The van der Waals surface area contributed by atoms with E-state index in [9.17, 15) is 9.59 Å². The molecule has 1 aromatic heterocycles. The fourth-order valence-electron chi connectivity index (χ4n) is 5.40. The first-order valence-corrected chi connectivity index (χ1v) is 12.6. The molecule has 3 aromatic rings. The topological polar surface area (TPSA) is 86.9 Å². The number of fused-ring (bicyclic) bond motifs is 1. The quantitative estimate of drug-likeness (QED) is 0.546. The second-order valence-corrected chi connectivity index (χ2v) is 9.91. The number of hydrogen-bond donors (Lipinski definition) is 2. The number of methoxy groups -OCH3 is 1. The van der Waals surface area contributed by atoms with Crippen LogP contribution in [0.15, 0.2) is 47.3 Å². The first-order chi connectivity index (χ1) is 17.4. The van der Waals surface area contributed by atoms with Gasteiger partial charge in [-0.2, -0.15) is 0 Å². The standard InChI is InChI=1S/C28H34N4O4/c1-31(2)21-7-4-18(14-21)23-15-22(35-3)16-24-26(33)17-25(30-27(23)24)28(34)29-19-5-8-20(9-6-19)32-10-12-36-13-11-32/h5-6,8-9,15-18,21H,4,7,10-14H2,1-3H3,(H,29,34)(H,30,33)/t18?,21-/m0/s1. The number of anilines is 2. The van der Waals surface area contributed by atoms with Crippen LogP contribution in [0, 0.1) is 0 Å². The van der Waals surface area contributed by atoms with E-state index < -0.39 is 0 Å². The van der Waals surface area contributed by atoms with E-state index in [1.54, 1.807) is 13.2 Å². The first kappa shape index (κ1) is 24.3. The maximum absolute atomic E-state index is 13.2. The Morgan fingerprint density at radius 2 is 1.86 bits per heavy atom. The monoisotopic (exact) mass is 490 g/mol. The van der Waals surface area contributed by atoms with Gasteiger partial charge in [-0.25, -0.2) is 0 Å². The van der Waals surface area contributed by atoms with Gasteiger partial charge in [0.05, 0.1) is 25.8 Å². The highest BCUT2D eigenvalue weighted by molar-refractivity contribution is 6.04. The van der Waals surface area contributed by atoms with Crippen LogP contribution in [0.3, 0.4) is 0 Å². The summed E-state index contributed by atoms with van der Waals surface area (Å²) in [5.74, 6) is 0.609. The van der Waals surface area contributed by atoms with E-state index in [0.29, 0.717) is 22.9 Å². The lowest BCUT2D eigenvalue weighted by Gasteiger charge is -2.28. The Morgan fingerprint density at radius 3 is 2.53 bits per heavy atom. The van der Waals surface area contributed by atoms with E-state index in [1.807, 2.05) is 30.3 Å². The average Bonchev–Trinajstić information content (AvgIpc) is 3.40. The Bertz CT molecular complexity index is 1300. The molecule has 1 unspecified atom stereocenters. The molecule has 36 heavy (non-hydrogen) atoms. The molecule has 190 valence electrons. The summed E-state index contributed by atoms with van der Waals surface area (Å²) >= 11 is 0. The third kappa shape index (κ3) is 4.96. The number of aromatic amines is 1. The minimum Gasteiger partial charge on any atom is -0.497 e. The molecular weight excluding hydrogens is 456 g/mol. The zero-order chi connectivity index (χ0) is 25.2. The van der Waals surface area contributed by atoms with Crippen LogP contribution in [0.5, 0.6) is 5.75 Å². The maximum Gasteiger partial charge on any atom is 0.272 e. The highest BCUT2D eigenvalue weighted by atomic mass is 16.5. The SMILES string of the molecule is COc1cc(C2CC[C@H](N(C)C)C2)c2[nH]c(C(=O)Nc3ccc(N4CCOCC4)cc3)cc(=O)c2c1. The molecule has 2 N–H and O–H groups in total. The van der Waals surface area contributed by atoms with Crippen LogP contribution in [0.1, 0.15) is 41.2 Å². The molecule has 8 heteroatoms. The lowest BCUT2D eigenvalue weighted by atomic mass is 9.94. The Morgan fingerprint density at radius 1 is 1.11 bits per heavy atom. The van der Waals surface area contributed by atoms with E-state index in [2.05, 4.69) is 34.2 Å². The minimum absolute atomic E-state index is 0.195. The van der Waals surface area contributed by atoms with Crippen molar-refractivity contribution in [3.05, 3.63) is 63.9 Å². The summed E-state index contributed by atoms with van der Waals surface area (Å²) in [6, 6.07) is 13.4. The van der Waals surface area contributed by atoms with Crippen molar-refractivity contribution in [2.75, 3.05) is 57.7 Å². The minimum atomic E-state index is -0.340. The molecule has 0 bridgehead atoms. The Hall–Kier alpha value is -3.36. The molecule has 0 radical (unpaired) electrons. The van der Waals surface area contributed by atoms with Crippen molar-refractivity contribution in [3.63, 3.8) is 0 Å². The summed E-state index contributed by atoms with van der Waals surface area (Å²) in [5.41, 5.74) is 3.59. The third-order valence-corrected chi connectivity index (χ3v) is 7.50. The number of ether oxygens (including phenoxy) is 2. The van der Waals surface area contributed by atoms with Crippen molar-refractivity contribution >= 4 is 28.2 Å². The predicted molar refractivity (Wildman–Crippen MR) is 143 cm³/mol. The van der Waals surface area contributed by atoms with Crippen LogP contribution >= 0.6 is 0 Å². The Kier molecular flexibility index (Phi) is 6.98. The summed E-state index contributed by atoms with van der Waals surface area (Å²) in [6.45, 7) is 3.15. The number of rotatable bonds is 6. The molecule has 2 fully saturated rings. The van der Waals surface area contributed by atoms with Gasteiger partial charge in [0.25, 0.3) is 5.91 Å². The molecule has 1 aliphatic heterocycles. The van der Waals surface area contributed by atoms with Crippen molar-refractivity contribution in [2.45, 2.75) is 31.2 Å². The number of aromatic nitrogens is 1. The van der Waals surface area contributed by atoms with Gasteiger partial charge in [-0.15, -0.1) is 0 Å². The molecular formula is C28H34N4O4. The summed E-state index contributed by atoms with van der Waals surface area (Å²) in [6.07, 6.45) is 3.13. The summed E-state index contributed by atoms with van der Waals surface area (Å²) in [7, 11) is 5.83. The van der Waals surface area contributed by atoms with Gasteiger partial charge in [0.1, 0.15) is 11.4 Å². The highest BCUT2D eigenvalue weighted by Gasteiger charge is 2.29. The molecule has 5 rings (SSSR count). The van der Waals surface area contributed by atoms with Gasteiger partial charge in [0.15, 0.2) is 5.43 Å². The average molecular weight is 491 g/mol. The van der Waals surface area contributed by atoms with Crippen LogP contribution in [-0.2, 0) is 4.74 Å². The summed E-state index contributed by atoms with van der Waals surface area (Å²) in [5, 5.41) is 3.48. The van der Waals surface area contributed by atoms with Gasteiger partial charge < -0.3 is 29.6 Å². The van der Waals surface area contributed by atoms with Crippen LogP contribution in [0.2, 0.25) is 0 Å². The highest BCUT2D eigenvalue weighted by Crippen LogP contribution is 2.40. The van der Waals surface area contributed by atoms with Gasteiger partial charge in [0.2, 0.25) is 0 Å². The molecule has 2 aromatic carbocycles. The number of H-pyrrole nitrogens is 1. The van der Waals surface area contributed by atoms with Crippen molar-refractivity contribution in [1.82, 2.24) is 9.88 Å². The molecule has 1 saturated carbocycles. The summed E-state index contributed by atoms with van der Waals surface area (Å²) in [4.78, 5) is 34.1. The largest absolute Gasteiger partial charge is 0.497 e. The second-order valence-electron chi connectivity index (χ2n) is 9.91. The number of benzene rings is 2. The predicted octanol–water partition coefficient (Wildman–Crippen LogP) is 3.82. The maximum atomic E-state index is 13.2. The number of carbonyl (C=O) groups is 1. The molecule has 1 saturated heterocycles. The van der Waals surface area contributed by atoms with Gasteiger partial charge >= 0.3 is 0 Å². The van der Waals surface area contributed by atoms with E-state index >= 15 is 0 Å². The van der Waals surface area contributed by atoms with Crippen molar-refractivity contribution in [3.8, 4) is 5.75 Å². The normalized spacial score (nSPS) is 20.2. The molecule has 1 amide bonds. The number of nitrogens with one attached hydrogen (secondary N) is 2. The van der Waals surface area contributed by atoms with Gasteiger partial charge in [-0.1, -0.05) is 0 Å². The van der Waals surface area contributed by atoms with Gasteiger partial charge in [-0.05, 0) is 81.2 Å². The Labute approximate surface area is 211 Å². The fourth-order valence-corrected chi connectivity index (χ4v) is 5.40. The third-order valence-electron chi connectivity index (χ3n) is 7.50. The van der Waals surface area contributed by atoms with Crippen molar-refractivity contribution in [2.24, 2.45) is 0 Å².